The highest BCUT2D eigenvalue weighted by Gasteiger charge is 2.25. The summed E-state index contributed by atoms with van der Waals surface area (Å²) in [6, 6.07) is 1.45. The molecule has 1 aromatic rings. The maximum atomic E-state index is 11.9. The molecule has 17 heavy (non-hydrogen) atoms. The van der Waals surface area contributed by atoms with Gasteiger partial charge in [0.05, 0.1) is 10.6 Å². The van der Waals surface area contributed by atoms with E-state index in [4.69, 9.17) is 5.73 Å². The second kappa shape index (κ2) is 4.63. The molecule has 0 atom stereocenters. The van der Waals surface area contributed by atoms with Crippen molar-refractivity contribution in [3.8, 4) is 0 Å². The Morgan fingerprint density at radius 2 is 2.06 bits per heavy atom. The van der Waals surface area contributed by atoms with E-state index in [0.717, 1.165) is 24.2 Å². The van der Waals surface area contributed by atoms with Crippen LogP contribution in [-0.2, 0) is 10.2 Å². The molecule has 0 radical (unpaired) electrons. The van der Waals surface area contributed by atoms with Crippen molar-refractivity contribution in [3.63, 3.8) is 0 Å². The van der Waals surface area contributed by atoms with Gasteiger partial charge in [-0.3, -0.25) is 9.52 Å². The number of hydrogen-bond acceptors (Lipinski definition) is 4. The summed E-state index contributed by atoms with van der Waals surface area (Å²) in [4.78, 5) is 11.2. The van der Waals surface area contributed by atoms with Crippen LogP contribution in [0.5, 0.6) is 0 Å². The summed E-state index contributed by atoms with van der Waals surface area (Å²) in [7, 11) is -3.49. The lowest BCUT2D eigenvalue weighted by atomic mass is 10.4. The Morgan fingerprint density at radius 1 is 1.41 bits per heavy atom. The van der Waals surface area contributed by atoms with Gasteiger partial charge in [-0.2, -0.15) is 12.7 Å². The summed E-state index contributed by atoms with van der Waals surface area (Å²) in [5, 5.41) is 1.56. The Labute approximate surface area is 104 Å². The Balaban J connectivity index is 2.11. The molecule has 1 fully saturated rings. The highest BCUT2D eigenvalue weighted by Crippen LogP contribution is 2.22. The molecular formula is C9H13N3O3S2. The minimum absolute atomic E-state index is 0.337. The molecule has 1 saturated heterocycles. The zero-order chi connectivity index (χ0) is 12.5. The lowest BCUT2D eigenvalue weighted by molar-refractivity contribution is 0.100. The fourth-order valence-corrected chi connectivity index (χ4v) is 3.71. The highest BCUT2D eigenvalue weighted by atomic mass is 32.2. The molecule has 8 heteroatoms. The Morgan fingerprint density at radius 3 is 2.59 bits per heavy atom. The number of nitrogens with one attached hydrogen (secondary N) is 1. The maximum Gasteiger partial charge on any atom is 0.301 e. The van der Waals surface area contributed by atoms with Crippen molar-refractivity contribution in [2.24, 2.45) is 5.73 Å². The lowest BCUT2D eigenvalue weighted by Crippen LogP contribution is -2.33. The van der Waals surface area contributed by atoms with Crippen LogP contribution in [0, 0.1) is 0 Å². The van der Waals surface area contributed by atoms with Gasteiger partial charge in [-0.1, -0.05) is 0 Å². The monoisotopic (exact) mass is 275 g/mol. The van der Waals surface area contributed by atoms with E-state index in [1.807, 2.05) is 0 Å². The van der Waals surface area contributed by atoms with Crippen LogP contribution in [0.1, 0.15) is 22.5 Å². The quantitative estimate of drug-likeness (QED) is 0.842. The largest absolute Gasteiger partial charge is 0.365 e. The minimum atomic E-state index is -3.49. The first-order valence-electron chi connectivity index (χ1n) is 5.15. The minimum Gasteiger partial charge on any atom is -0.365 e. The van der Waals surface area contributed by atoms with Gasteiger partial charge in [0.25, 0.3) is 5.91 Å². The maximum absolute atomic E-state index is 11.9. The van der Waals surface area contributed by atoms with Crippen molar-refractivity contribution in [2.45, 2.75) is 12.8 Å². The zero-order valence-corrected chi connectivity index (χ0v) is 10.7. The molecule has 0 aromatic carbocycles. The van der Waals surface area contributed by atoms with E-state index >= 15 is 0 Å². The van der Waals surface area contributed by atoms with Gasteiger partial charge < -0.3 is 5.73 Å². The number of amides is 1. The molecule has 3 N–H and O–H groups in total. The average Bonchev–Trinajstić information content (AvgIpc) is 2.85. The number of hydrogen-bond donors (Lipinski definition) is 2. The van der Waals surface area contributed by atoms with E-state index in [2.05, 4.69) is 4.72 Å². The third-order valence-electron chi connectivity index (χ3n) is 2.49. The van der Waals surface area contributed by atoms with Crippen molar-refractivity contribution < 1.29 is 13.2 Å². The fourth-order valence-electron chi connectivity index (χ4n) is 1.66. The van der Waals surface area contributed by atoms with Crippen LogP contribution in [0.25, 0.3) is 0 Å². The van der Waals surface area contributed by atoms with Crippen LogP contribution < -0.4 is 10.5 Å². The molecule has 1 aliphatic rings. The van der Waals surface area contributed by atoms with Crippen LogP contribution in [-0.4, -0.2) is 31.7 Å². The second-order valence-corrected chi connectivity index (χ2v) is 6.36. The van der Waals surface area contributed by atoms with Crippen LogP contribution >= 0.6 is 11.3 Å². The first kappa shape index (κ1) is 12.3. The third-order valence-corrected chi connectivity index (χ3v) is 4.98. The molecule has 1 amide bonds. The Kier molecular flexibility index (Phi) is 3.36. The highest BCUT2D eigenvalue weighted by molar-refractivity contribution is 7.90. The van der Waals surface area contributed by atoms with E-state index in [0.29, 0.717) is 23.7 Å². The standard InChI is InChI=1S/C9H13N3O3S2/c10-9(13)8-5-7(6-16-8)11-17(14,15)12-3-1-2-4-12/h5-6,11H,1-4H2,(H2,10,13). The van der Waals surface area contributed by atoms with Gasteiger partial charge in [0, 0.05) is 18.5 Å². The van der Waals surface area contributed by atoms with Gasteiger partial charge in [0.2, 0.25) is 0 Å². The van der Waals surface area contributed by atoms with Gasteiger partial charge in [-0.05, 0) is 18.9 Å². The van der Waals surface area contributed by atoms with Crippen molar-refractivity contribution in [2.75, 3.05) is 17.8 Å². The van der Waals surface area contributed by atoms with Crippen LogP contribution in [0.4, 0.5) is 5.69 Å². The number of nitrogens with zero attached hydrogens (tertiary/aromatic N) is 1. The first-order valence-corrected chi connectivity index (χ1v) is 7.47. The predicted molar refractivity (Wildman–Crippen MR) is 66.2 cm³/mol. The number of anilines is 1. The molecule has 1 aromatic heterocycles. The molecular weight excluding hydrogens is 262 g/mol. The van der Waals surface area contributed by atoms with E-state index in [9.17, 15) is 13.2 Å². The van der Waals surface area contributed by atoms with Crippen molar-refractivity contribution in [1.82, 2.24) is 4.31 Å². The zero-order valence-electron chi connectivity index (χ0n) is 9.05. The second-order valence-electron chi connectivity index (χ2n) is 3.78. The lowest BCUT2D eigenvalue weighted by Gasteiger charge is -2.15. The molecule has 0 bridgehead atoms. The summed E-state index contributed by atoms with van der Waals surface area (Å²) in [6.45, 7) is 1.09. The van der Waals surface area contributed by atoms with Gasteiger partial charge in [0.15, 0.2) is 0 Å². The molecule has 0 saturated carbocycles. The number of nitrogens with two attached hydrogens (primary N) is 1. The van der Waals surface area contributed by atoms with Crippen molar-refractivity contribution >= 4 is 33.1 Å². The number of rotatable bonds is 4. The molecule has 2 rings (SSSR count). The van der Waals surface area contributed by atoms with E-state index in [1.54, 1.807) is 5.38 Å². The Hall–Kier alpha value is -1.12. The van der Waals surface area contributed by atoms with Crippen LogP contribution in [0.2, 0.25) is 0 Å². The molecule has 94 valence electrons. The van der Waals surface area contributed by atoms with Gasteiger partial charge in [0.1, 0.15) is 0 Å². The summed E-state index contributed by atoms with van der Waals surface area (Å²) < 4.78 is 27.6. The summed E-state index contributed by atoms with van der Waals surface area (Å²) in [6.07, 6.45) is 1.77. The molecule has 0 spiro atoms. The van der Waals surface area contributed by atoms with E-state index in [-0.39, 0.29) is 0 Å². The molecule has 2 heterocycles. The normalized spacial score (nSPS) is 17.2. The number of thiophene rings is 1. The number of carbonyl (C=O) groups is 1. The van der Waals surface area contributed by atoms with Gasteiger partial charge in [-0.25, -0.2) is 0 Å². The summed E-state index contributed by atoms with van der Waals surface area (Å²) >= 11 is 1.12. The topological polar surface area (TPSA) is 92.5 Å². The first-order chi connectivity index (χ1) is 7.99. The molecule has 0 unspecified atom stereocenters. The third kappa shape index (κ3) is 2.76. The average molecular weight is 275 g/mol. The number of carbonyl (C=O) groups excluding carboxylic acids is 1. The Bertz CT molecular complexity index is 517. The smallest absolute Gasteiger partial charge is 0.301 e. The number of primary amides is 1. The molecule has 1 aliphatic heterocycles. The van der Waals surface area contributed by atoms with E-state index < -0.39 is 16.1 Å². The molecule has 0 aliphatic carbocycles. The van der Waals surface area contributed by atoms with Gasteiger partial charge >= 0.3 is 10.2 Å². The summed E-state index contributed by atoms with van der Waals surface area (Å²) in [5.41, 5.74) is 5.48. The SMILES string of the molecule is NC(=O)c1cc(NS(=O)(=O)N2CCCC2)cs1. The van der Waals surface area contributed by atoms with Crippen molar-refractivity contribution in [1.29, 1.82) is 0 Å². The fraction of sp³-hybridized carbons (Fsp3) is 0.444. The van der Waals surface area contributed by atoms with Crippen LogP contribution in [0.15, 0.2) is 11.4 Å². The van der Waals surface area contributed by atoms with Crippen LogP contribution in [0.3, 0.4) is 0 Å². The van der Waals surface area contributed by atoms with Gasteiger partial charge in [-0.15, -0.1) is 11.3 Å². The van der Waals surface area contributed by atoms with E-state index in [1.165, 1.54) is 10.4 Å². The van der Waals surface area contributed by atoms with Crippen molar-refractivity contribution in [3.05, 3.63) is 16.3 Å². The molecule has 6 nitrogen and oxygen atoms in total. The predicted octanol–water partition coefficient (Wildman–Crippen LogP) is 0.599. The summed E-state index contributed by atoms with van der Waals surface area (Å²) in [5.74, 6) is -0.554.